The molecule has 0 spiro atoms. The maximum absolute atomic E-state index is 13.6. The van der Waals surface area contributed by atoms with Crippen LogP contribution in [0.1, 0.15) is 19.7 Å². The van der Waals surface area contributed by atoms with E-state index in [0.717, 1.165) is 24.7 Å². The van der Waals surface area contributed by atoms with E-state index in [1.54, 1.807) is 0 Å². The van der Waals surface area contributed by atoms with E-state index in [4.69, 9.17) is 4.42 Å². The Kier molecular flexibility index (Phi) is 4.27. The molecule has 1 aromatic carbocycles. The molecule has 3 nitrogen and oxygen atoms in total. The van der Waals surface area contributed by atoms with E-state index in [-0.39, 0.29) is 11.3 Å². The first-order chi connectivity index (χ1) is 9.06. The van der Waals surface area contributed by atoms with Crippen LogP contribution in [0, 0.1) is 17.6 Å². The van der Waals surface area contributed by atoms with Crippen molar-refractivity contribution in [3.63, 3.8) is 0 Å². The maximum Gasteiger partial charge on any atom is 0.208 e. The number of aromatic nitrogens is 1. The molecule has 0 amide bonds. The van der Waals surface area contributed by atoms with Gasteiger partial charge in [0.15, 0.2) is 5.76 Å². The van der Waals surface area contributed by atoms with Crippen molar-refractivity contribution in [2.45, 2.75) is 20.4 Å². The standard InChI is InChI=1S/C14H16F2N2O/c1-9(2)6-17-8-14-18-7-13(19-14)11-5-10(15)3-4-12(11)16/h3-5,7,9,17H,6,8H2,1-2H3. The predicted octanol–water partition coefficient (Wildman–Crippen LogP) is 3.37. The Morgan fingerprint density at radius 1 is 1.32 bits per heavy atom. The highest BCUT2D eigenvalue weighted by Gasteiger charge is 2.12. The van der Waals surface area contributed by atoms with E-state index in [2.05, 4.69) is 24.1 Å². The molecule has 1 heterocycles. The average molecular weight is 266 g/mol. The number of hydrogen-bond acceptors (Lipinski definition) is 3. The van der Waals surface area contributed by atoms with Crippen molar-refractivity contribution in [1.82, 2.24) is 10.3 Å². The Labute approximate surface area is 110 Å². The van der Waals surface area contributed by atoms with Gasteiger partial charge in [-0.3, -0.25) is 0 Å². The summed E-state index contributed by atoms with van der Waals surface area (Å²) in [6, 6.07) is 3.24. The minimum absolute atomic E-state index is 0.0857. The molecule has 19 heavy (non-hydrogen) atoms. The second-order valence-corrected chi connectivity index (χ2v) is 4.77. The normalized spacial score (nSPS) is 11.2. The molecule has 0 atom stereocenters. The highest BCUT2D eigenvalue weighted by molar-refractivity contribution is 5.57. The lowest BCUT2D eigenvalue weighted by molar-refractivity contribution is 0.457. The summed E-state index contributed by atoms with van der Waals surface area (Å²) >= 11 is 0. The number of rotatable bonds is 5. The summed E-state index contributed by atoms with van der Waals surface area (Å²) in [6.45, 7) is 5.49. The van der Waals surface area contributed by atoms with E-state index < -0.39 is 11.6 Å². The zero-order valence-corrected chi connectivity index (χ0v) is 10.9. The predicted molar refractivity (Wildman–Crippen MR) is 68.4 cm³/mol. The highest BCUT2D eigenvalue weighted by Crippen LogP contribution is 2.24. The molecule has 0 aliphatic carbocycles. The van der Waals surface area contributed by atoms with Crippen LogP contribution in [0.3, 0.4) is 0 Å². The van der Waals surface area contributed by atoms with E-state index in [1.165, 1.54) is 6.20 Å². The highest BCUT2D eigenvalue weighted by atomic mass is 19.1. The third-order valence-electron chi connectivity index (χ3n) is 2.58. The quantitative estimate of drug-likeness (QED) is 0.901. The van der Waals surface area contributed by atoms with Gasteiger partial charge in [-0.15, -0.1) is 0 Å². The van der Waals surface area contributed by atoms with Crippen LogP contribution < -0.4 is 5.32 Å². The molecule has 0 aliphatic rings. The molecule has 2 aromatic rings. The van der Waals surface area contributed by atoms with Gasteiger partial charge >= 0.3 is 0 Å². The molecule has 1 N–H and O–H groups in total. The molecule has 0 saturated heterocycles. The van der Waals surface area contributed by atoms with Crippen molar-refractivity contribution < 1.29 is 13.2 Å². The van der Waals surface area contributed by atoms with Gasteiger partial charge < -0.3 is 9.73 Å². The van der Waals surface area contributed by atoms with E-state index in [9.17, 15) is 8.78 Å². The third-order valence-corrected chi connectivity index (χ3v) is 2.58. The van der Waals surface area contributed by atoms with Crippen LogP contribution in [0.25, 0.3) is 11.3 Å². The summed E-state index contributed by atoms with van der Waals surface area (Å²) in [5, 5.41) is 3.17. The largest absolute Gasteiger partial charge is 0.439 e. The molecule has 102 valence electrons. The number of benzene rings is 1. The molecule has 0 unspecified atom stereocenters. The lowest BCUT2D eigenvalue weighted by Gasteiger charge is -2.04. The molecular weight excluding hydrogens is 250 g/mol. The Balaban J connectivity index is 2.10. The minimum atomic E-state index is -0.528. The van der Waals surface area contributed by atoms with Gasteiger partial charge in [-0.1, -0.05) is 13.8 Å². The fraction of sp³-hybridized carbons (Fsp3) is 0.357. The summed E-state index contributed by atoms with van der Waals surface area (Å²) in [4.78, 5) is 4.04. The summed E-state index contributed by atoms with van der Waals surface area (Å²) in [6.07, 6.45) is 1.41. The van der Waals surface area contributed by atoms with Crippen LogP contribution in [-0.2, 0) is 6.54 Å². The Morgan fingerprint density at radius 2 is 2.11 bits per heavy atom. The Bertz CT molecular complexity index is 552. The lowest BCUT2D eigenvalue weighted by Crippen LogP contribution is -2.18. The van der Waals surface area contributed by atoms with Crippen LogP contribution in [0.5, 0.6) is 0 Å². The van der Waals surface area contributed by atoms with Crippen molar-refractivity contribution in [2.75, 3.05) is 6.54 Å². The number of nitrogens with zero attached hydrogens (tertiary/aromatic N) is 1. The van der Waals surface area contributed by atoms with Gasteiger partial charge in [-0.05, 0) is 30.7 Å². The average Bonchev–Trinajstić information content (AvgIpc) is 2.80. The molecule has 0 radical (unpaired) electrons. The molecule has 0 aliphatic heterocycles. The second-order valence-electron chi connectivity index (χ2n) is 4.77. The van der Waals surface area contributed by atoms with E-state index in [0.29, 0.717) is 18.4 Å². The molecule has 1 aromatic heterocycles. The summed E-state index contributed by atoms with van der Waals surface area (Å²) in [5.41, 5.74) is 0.0857. The second kappa shape index (κ2) is 5.93. The van der Waals surface area contributed by atoms with Crippen molar-refractivity contribution in [1.29, 1.82) is 0 Å². The molecule has 0 bridgehead atoms. The zero-order valence-electron chi connectivity index (χ0n) is 10.9. The smallest absolute Gasteiger partial charge is 0.208 e. The van der Waals surface area contributed by atoms with Crippen molar-refractivity contribution >= 4 is 0 Å². The molecular formula is C14H16F2N2O. The van der Waals surface area contributed by atoms with Gasteiger partial charge in [0.05, 0.1) is 18.3 Å². The van der Waals surface area contributed by atoms with Crippen molar-refractivity contribution in [3.05, 3.63) is 41.9 Å². The van der Waals surface area contributed by atoms with Gasteiger partial charge in [-0.2, -0.15) is 0 Å². The summed E-state index contributed by atoms with van der Waals surface area (Å²) in [7, 11) is 0. The van der Waals surface area contributed by atoms with Crippen molar-refractivity contribution in [3.8, 4) is 11.3 Å². The number of nitrogens with one attached hydrogen (secondary N) is 1. The zero-order chi connectivity index (χ0) is 13.8. The van der Waals surface area contributed by atoms with Gasteiger partial charge in [-0.25, -0.2) is 13.8 Å². The number of halogens is 2. The molecule has 0 saturated carbocycles. The minimum Gasteiger partial charge on any atom is -0.439 e. The van der Waals surface area contributed by atoms with Gasteiger partial charge in [0.1, 0.15) is 11.6 Å². The van der Waals surface area contributed by atoms with Crippen LogP contribution in [0.4, 0.5) is 8.78 Å². The van der Waals surface area contributed by atoms with E-state index >= 15 is 0 Å². The van der Waals surface area contributed by atoms with Gasteiger partial charge in [0.2, 0.25) is 5.89 Å². The third kappa shape index (κ3) is 3.61. The van der Waals surface area contributed by atoms with Crippen molar-refractivity contribution in [2.24, 2.45) is 5.92 Å². The summed E-state index contributed by atoms with van der Waals surface area (Å²) in [5.74, 6) is 0.180. The maximum atomic E-state index is 13.6. The topological polar surface area (TPSA) is 38.1 Å². The van der Waals surface area contributed by atoms with Gasteiger partial charge in [0.25, 0.3) is 0 Å². The van der Waals surface area contributed by atoms with Crippen LogP contribution in [-0.4, -0.2) is 11.5 Å². The van der Waals surface area contributed by atoms with Crippen LogP contribution in [0.15, 0.2) is 28.8 Å². The first-order valence-electron chi connectivity index (χ1n) is 6.17. The fourth-order valence-electron chi connectivity index (χ4n) is 1.67. The summed E-state index contributed by atoms with van der Waals surface area (Å²) < 4.78 is 32.0. The van der Waals surface area contributed by atoms with Crippen LogP contribution in [0.2, 0.25) is 0 Å². The Morgan fingerprint density at radius 3 is 2.84 bits per heavy atom. The first kappa shape index (κ1) is 13.7. The monoisotopic (exact) mass is 266 g/mol. The first-order valence-corrected chi connectivity index (χ1v) is 6.17. The lowest BCUT2D eigenvalue weighted by atomic mass is 10.2. The number of hydrogen-bond donors (Lipinski definition) is 1. The molecule has 2 rings (SSSR count). The molecule has 5 heteroatoms. The van der Waals surface area contributed by atoms with Crippen LogP contribution >= 0.6 is 0 Å². The molecule has 0 fully saturated rings. The fourth-order valence-corrected chi connectivity index (χ4v) is 1.67. The number of oxazole rings is 1. The SMILES string of the molecule is CC(C)CNCc1ncc(-c2cc(F)ccc2F)o1. The van der Waals surface area contributed by atoms with Gasteiger partial charge in [0, 0.05) is 0 Å². The van der Waals surface area contributed by atoms with E-state index in [1.807, 2.05) is 0 Å². The Hall–Kier alpha value is -1.75.